The highest BCUT2D eigenvalue weighted by atomic mass is 19.1. The molecular weight excluding hydrogens is 179 g/mol. The summed E-state index contributed by atoms with van der Waals surface area (Å²) in [5, 5.41) is 8.15. The second-order valence-corrected chi connectivity index (χ2v) is 3.60. The fourth-order valence-corrected chi connectivity index (χ4v) is 0.617. The second-order valence-electron chi connectivity index (χ2n) is 3.60. The Morgan fingerprint density at radius 2 is 1.92 bits per heavy atom. The summed E-state index contributed by atoms with van der Waals surface area (Å²) < 4.78 is 17.2. The van der Waals surface area contributed by atoms with Crippen LogP contribution in [0.4, 0.5) is 4.39 Å². The van der Waals surface area contributed by atoms with Gasteiger partial charge in [0.25, 0.3) is 0 Å². The van der Waals surface area contributed by atoms with Crippen LogP contribution in [0.1, 0.15) is 27.2 Å². The fraction of sp³-hybridized carbons (Fsp3) is 0.750. The molecule has 1 N–H and O–H groups in total. The average Bonchev–Trinajstić information content (AvgIpc) is 1.81. The maximum Gasteiger partial charge on any atom is 0.338 e. The van der Waals surface area contributed by atoms with Crippen LogP contribution in [-0.2, 0) is 14.3 Å². The Bertz CT molecular complexity index is 207. The molecule has 0 aromatic carbocycles. The van der Waals surface area contributed by atoms with E-state index < -0.39 is 30.1 Å². The number of carbonyl (C=O) groups is 2. The predicted molar refractivity (Wildman–Crippen MR) is 43.0 cm³/mol. The van der Waals surface area contributed by atoms with E-state index in [1.165, 1.54) is 0 Å². The van der Waals surface area contributed by atoms with E-state index in [1.807, 2.05) is 0 Å². The van der Waals surface area contributed by atoms with Gasteiger partial charge in [-0.1, -0.05) is 0 Å². The topological polar surface area (TPSA) is 63.6 Å². The number of ether oxygens (including phenoxy) is 1. The van der Waals surface area contributed by atoms with Crippen molar-refractivity contribution in [3.05, 3.63) is 0 Å². The highest BCUT2D eigenvalue weighted by molar-refractivity contribution is 5.80. The van der Waals surface area contributed by atoms with Gasteiger partial charge in [-0.3, -0.25) is 4.79 Å². The SMILES string of the molecule is CC(C)(C)OC(=O)C[C@@H](F)C(=O)O. The zero-order valence-electron chi connectivity index (χ0n) is 7.83. The number of halogens is 1. The molecule has 0 aliphatic carbocycles. The molecule has 0 aromatic rings. The summed E-state index contributed by atoms with van der Waals surface area (Å²) in [7, 11) is 0. The van der Waals surface area contributed by atoms with Gasteiger partial charge >= 0.3 is 11.9 Å². The van der Waals surface area contributed by atoms with Crippen LogP contribution in [0.3, 0.4) is 0 Å². The van der Waals surface area contributed by atoms with Crippen LogP contribution in [0.5, 0.6) is 0 Å². The molecule has 0 saturated carbocycles. The molecule has 0 fully saturated rings. The summed E-state index contributed by atoms with van der Waals surface area (Å²) >= 11 is 0. The van der Waals surface area contributed by atoms with Gasteiger partial charge in [-0.15, -0.1) is 0 Å². The Hall–Kier alpha value is -1.13. The largest absolute Gasteiger partial charge is 0.479 e. The second kappa shape index (κ2) is 4.20. The maximum absolute atomic E-state index is 12.5. The van der Waals surface area contributed by atoms with Crippen molar-refractivity contribution in [1.82, 2.24) is 0 Å². The van der Waals surface area contributed by atoms with Crippen molar-refractivity contribution in [2.24, 2.45) is 0 Å². The fourth-order valence-electron chi connectivity index (χ4n) is 0.617. The van der Waals surface area contributed by atoms with Crippen LogP contribution < -0.4 is 0 Å². The van der Waals surface area contributed by atoms with E-state index >= 15 is 0 Å². The van der Waals surface area contributed by atoms with Gasteiger partial charge in [0, 0.05) is 0 Å². The lowest BCUT2D eigenvalue weighted by Gasteiger charge is -2.19. The van der Waals surface area contributed by atoms with E-state index in [-0.39, 0.29) is 0 Å². The number of esters is 1. The number of carboxylic acids is 1. The molecule has 0 aliphatic heterocycles. The van der Waals surface area contributed by atoms with E-state index in [2.05, 4.69) is 0 Å². The molecule has 4 nitrogen and oxygen atoms in total. The van der Waals surface area contributed by atoms with Crippen LogP contribution in [0.25, 0.3) is 0 Å². The molecule has 0 spiro atoms. The summed E-state index contributed by atoms with van der Waals surface area (Å²) in [5.41, 5.74) is -0.713. The van der Waals surface area contributed by atoms with Crippen molar-refractivity contribution >= 4 is 11.9 Å². The van der Waals surface area contributed by atoms with Crippen LogP contribution in [0.2, 0.25) is 0 Å². The number of hydrogen-bond acceptors (Lipinski definition) is 3. The summed E-state index contributed by atoms with van der Waals surface area (Å²) in [4.78, 5) is 20.9. The molecule has 0 amide bonds. The molecule has 1 atom stereocenters. The average molecular weight is 192 g/mol. The first-order valence-electron chi connectivity index (χ1n) is 3.81. The molecule has 0 rings (SSSR count). The molecule has 76 valence electrons. The lowest BCUT2D eigenvalue weighted by molar-refractivity contribution is -0.160. The zero-order chi connectivity index (χ0) is 10.6. The molecular formula is C8H13FO4. The van der Waals surface area contributed by atoms with Gasteiger partial charge in [-0.25, -0.2) is 9.18 Å². The number of carbonyl (C=O) groups excluding carboxylic acids is 1. The molecule has 13 heavy (non-hydrogen) atoms. The van der Waals surface area contributed by atoms with Gasteiger partial charge in [0.05, 0.1) is 6.42 Å². The Morgan fingerprint density at radius 3 is 2.23 bits per heavy atom. The van der Waals surface area contributed by atoms with Crippen LogP contribution in [-0.4, -0.2) is 28.8 Å². The number of alkyl halides is 1. The summed E-state index contributed by atoms with van der Waals surface area (Å²) in [6, 6.07) is 0. The maximum atomic E-state index is 12.5. The molecule has 0 radical (unpaired) electrons. The Balaban J connectivity index is 3.96. The summed E-state index contributed by atoms with van der Waals surface area (Å²) in [6.45, 7) is 4.87. The smallest absolute Gasteiger partial charge is 0.338 e. The summed E-state index contributed by atoms with van der Waals surface area (Å²) in [6.07, 6.45) is -2.93. The van der Waals surface area contributed by atoms with Gasteiger partial charge in [0.2, 0.25) is 6.17 Å². The lowest BCUT2D eigenvalue weighted by atomic mass is 10.2. The quantitative estimate of drug-likeness (QED) is 0.681. The minimum atomic E-state index is -2.19. The van der Waals surface area contributed by atoms with Gasteiger partial charge in [0.1, 0.15) is 5.60 Å². The normalized spacial score (nSPS) is 13.5. The number of aliphatic carboxylic acids is 1. The summed E-state index contributed by atoms with van der Waals surface area (Å²) in [5.74, 6) is -2.49. The molecule has 5 heteroatoms. The Labute approximate surface area is 75.7 Å². The number of carboxylic acid groups (broad SMARTS) is 1. The molecule has 0 saturated heterocycles. The zero-order valence-corrected chi connectivity index (χ0v) is 7.83. The van der Waals surface area contributed by atoms with Gasteiger partial charge in [0.15, 0.2) is 0 Å². The van der Waals surface area contributed by atoms with E-state index in [4.69, 9.17) is 9.84 Å². The van der Waals surface area contributed by atoms with Crippen LogP contribution >= 0.6 is 0 Å². The van der Waals surface area contributed by atoms with Crippen LogP contribution in [0.15, 0.2) is 0 Å². The molecule has 0 bridgehead atoms. The van der Waals surface area contributed by atoms with E-state index in [0.717, 1.165) is 0 Å². The lowest BCUT2D eigenvalue weighted by Crippen LogP contribution is -2.27. The number of hydrogen-bond donors (Lipinski definition) is 1. The molecule has 0 unspecified atom stereocenters. The first-order chi connectivity index (χ1) is 5.72. The van der Waals surface area contributed by atoms with Crippen molar-refractivity contribution in [1.29, 1.82) is 0 Å². The first-order valence-corrected chi connectivity index (χ1v) is 3.81. The van der Waals surface area contributed by atoms with Crippen molar-refractivity contribution in [2.75, 3.05) is 0 Å². The van der Waals surface area contributed by atoms with Crippen molar-refractivity contribution < 1.29 is 23.8 Å². The monoisotopic (exact) mass is 192 g/mol. The van der Waals surface area contributed by atoms with Crippen molar-refractivity contribution in [2.45, 2.75) is 39.0 Å². The van der Waals surface area contributed by atoms with E-state index in [9.17, 15) is 14.0 Å². The third-order valence-electron chi connectivity index (χ3n) is 1.03. The van der Waals surface area contributed by atoms with Crippen molar-refractivity contribution in [3.8, 4) is 0 Å². The van der Waals surface area contributed by atoms with E-state index in [1.54, 1.807) is 20.8 Å². The van der Waals surface area contributed by atoms with Gasteiger partial charge in [-0.2, -0.15) is 0 Å². The minimum Gasteiger partial charge on any atom is -0.479 e. The third kappa shape index (κ3) is 6.07. The minimum absolute atomic E-state index is 0.713. The van der Waals surface area contributed by atoms with Gasteiger partial charge < -0.3 is 9.84 Å². The van der Waals surface area contributed by atoms with Crippen LogP contribution in [0, 0.1) is 0 Å². The molecule has 0 aliphatic rings. The number of rotatable bonds is 3. The van der Waals surface area contributed by atoms with Gasteiger partial charge in [-0.05, 0) is 20.8 Å². The Kier molecular flexibility index (Phi) is 3.84. The first kappa shape index (κ1) is 11.9. The van der Waals surface area contributed by atoms with E-state index in [0.29, 0.717) is 0 Å². The third-order valence-corrected chi connectivity index (χ3v) is 1.03. The molecule has 0 aromatic heterocycles. The highest BCUT2D eigenvalue weighted by Crippen LogP contribution is 2.10. The standard InChI is InChI=1S/C8H13FO4/c1-8(2,3)13-6(10)4-5(9)7(11)12/h5H,4H2,1-3H3,(H,11,12)/t5-/m1/s1. The predicted octanol–water partition coefficient (Wildman–Crippen LogP) is 1.14. The molecule has 0 heterocycles. The van der Waals surface area contributed by atoms with Crippen molar-refractivity contribution in [3.63, 3.8) is 0 Å². The Morgan fingerprint density at radius 1 is 1.46 bits per heavy atom. The highest BCUT2D eigenvalue weighted by Gasteiger charge is 2.24.